The molecule has 3 amide bonds. The summed E-state index contributed by atoms with van der Waals surface area (Å²) in [5.74, 6) is -1.33. The molecule has 2 rings (SSSR count). The number of ether oxygens (including phenoxy) is 1. The first-order valence-electron chi connectivity index (χ1n) is 8.19. The minimum absolute atomic E-state index is 0.0576. The highest BCUT2D eigenvalue weighted by Gasteiger charge is 2.32. The Balaban J connectivity index is 1.74. The number of morpholine rings is 1. The van der Waals surface area contributed by atoms with Crippen LogP contribution < -0.4 is 5.32 Å². The largest absolute Gasteiger partial charge is 0.379 e. The van der Waals surface area contributed by atoms with Gasteiger partial charge in [-0.3, -0.25) is 19.3 Å². The van der Waals surface area contributed by atoms with Gasteiger partial charge in [0.2, 0.25) is 5.91 Å². The fourth-order valence-corrected chi connectivity index (χ4v) is 2.81. The summed E-state index contributed by atoms with van der Waals surface area (Å²) in [6.07, 6.45) is 0. The Morgan fingerprint density at radius 2 is 1.74 bits per heavy atom. The van der Waals surface area contributed by atoms with Crippen molar-refractivity contribution in [3.63, 3.8) is 0 Å². The van der Waals surface area contributed by atoms with Crippen molar-refractivity contribution in [3.05, 3.63) is 0 Å². The minimum Gasteiger partial charge on any atom is -0.379 e. The number of likely N-dealkylation sites (N-methyl/N-ethyl adjacent to an activating group) is 1. The number of amides is 3. The molecule has 0 aromatic heterocycles. The standard InChI is InChI=1S/C15H26N4O4/c1-3-17-4-5-19(15(22)14(17)21)11-13(20)16-10-12(2)18-6-8-23-9-7-18/h12H,3-11H2,1-2H3,(H,16,20). The molecule has 23 heavy (non-hydrogen) atoms. The summed E-state index contributed by atoms with van der Waals surface area (Å²) in [6, 6.07) is 0.220. The molecule has 2 fully saturated rings. The van der Waals surface area contributed by atoms with Crippen LogP contribution in [-0.2, 0) is 19.1 Å². The SMILES string of the molecule is CCN1CCN(CC(=O)NCC(C)N2CCOCC2)C(=O)C1=O. The monoisotopic (exact) mass is 326 g/mol. The van der Waals surface area contributed by atoms with Crippen LogP contribution in [0, 0.1) is 0 Å². The highest BCUT2D eigenvalue weighted by atomic mass is 16.5. The topological polar surface area (TPSA) is 82.2 Å². The van der Waals surface area contributed by atoms with Gasteiger partial charge in [-0.1, -0.05) is 0 Å². The van der Waals surface area contributed by atoms with Gasteiger partial charge in [0, 0.05) is 45.3 Å². The Kier molecular flexibility index (Phi) is 6.35. The van der Waals surface area contributed by atoms with E-state index < -0.39 is 11.8 Å². The predicted octanol–water partition coefficient (Wildman–Crippen LogP) is -1.49. The number of carbonyl (C=O) groups excluding carboxylic acids is 3. The number of nitrogens with one attached hydrogen (secondary N) is 1. The Morgan fingerprint density at radius 1 is 1.13 bits per heavy atom. The van der Waals surface area contributed by atoms with Crippen molar-refractivity contribution in [2.75, 3.05) is 59.0 Å². The van der Waals surface area contributed by atoms with Crippen LogP contribution in [0.4, 0.5) is 0 Å². The van der Waals surface area contributed by atoms with Crippen LogP contribution in [0.25, 0.3) is 0 Å². The van der Waals surface area contributed by atoms with Crippen molar-refractivity contribution < 1.29 is 19.1 Å². The lowest BCUT2D eigenvalue weighted by Gasteiger charge is -2.33. The van der Waals surface area contributed by atoms with Crippen LogP contribution in [0.3, 0.4) is 0 Å². The van der Waals surface area contributed by atoms with Crippen molar-refractivity contribution >= 4 is 17.7 Å². The summed E-state index contributed by atoms with van der Waals surface area (Å²) >= 11 is 0. The number of rotatable bonds is 6. The lowest BCUT2D eigenvalue weighted by molar-refractivity contribution is -0.156. The lowest BCUT2D eigenvalue weighted by atomic mass is 10.2. The maximum absolute atomic E-state index is 12.0. The van der Waals surface area contributed by atoms with Crippen LogP contribution in [-0.4, -0.2) is 97.5 Å². The molecule has 0 aromatic rings. The van der Waals surface area contributed by atoms with Gasteiger partial charge in [-0.25, -0.2) is 0 Å². The Morgan fingerprint density at radius 3 is 2.39 bits per heavy atom. The quantitative estimate of drug-likeness (QED) is 0.602. The van der Waals surface area contributed by atoms with E-state index in [2.05, 4.69) is 17.1 Å². The second-order valence-corrected chi connectivity index (χ2v) is 5.91. The fourth-order valence-electron chi connectivity index (χ4n) is 2.81. The van der Waals surface area contributed by atoms with Crippen LogP contribution in [0.15, 0.2) is 0 Å². The van der Waals surface area contributed by atoms with Crippen LogP contribution in [0.1, 0.15) is 13.8 Å². The highest BCUT2D eigenvalue weighted by molar-refractivity contribution is 6.35. The molecule has 2 aliphatic rings. The summed E-state index contributed by atoms with van der Waals surface area (Å²) < 4.78 is 5.31. The van der Waals surface area contributed by atoms with Gasteiger partial charge in [0.25, 0.3) is 0 Å². The zero-order valence-electron chi connectivity index (χ0n) is 13.9. The van der Waals surface area contributed by atoms with Crippen molar-refractivity contribution in [2.45, 2.75) is 19.9 Å². The lowest BCUT2D eigenvalue weighted by Crippen LogP contribution is -2.56. The van der Waals surface area contributed by atoms with E-state index in [1.54, 1.807) is 0 Å². The molecule has 0 aromatic carbocycles. The van der Waals surface area contributed by atoms with Gasteiger partial charge in [0.15, 0.2) is 0 Å². The first-order valence-corrected chi connectivity index (χ1v) is 8.19. The molecule has 0 radical (unpaired) electrons. The molecule has 0 aliphatic carbocycles. The molecule has 8 nitrogen and oxygen atoms in total. The summed E-state index contributed by atoms with van der Waals surface area (Å²) in [7, 11) is 0. The van der Waals surface area contributed by atoms with Crippen LogP contribution in [0.2, 0.25) is 0 Å². The van der Waals surface area contributed by atoms with Crippen molar-refractivity contribution in [3.8, 4) is 0 Å². The van der Waals surface area contributed by atoms with Gasteiger partial charge >= 0.3 is 11.8 Å². The molecule has 1 N–H and O–H groups in total. The molecule has 2 aliphatic heterocycles. The fraction of sp³-hybridized carbons (Fsp3) is 0.800. The first-order chi connectivity index (χ1) is 11.0. The molecule has 0 saturated carbocycles. The van der Waals surface area contributed by atoms with Crippen LogP contribution >= 0.6 is 0 Å². The minimum atomic E-state index is -0.588. The highest BCUT2D eigenvalue weighted by Crippen LogP contribution is 2.05. The van der Waals surface area contributed by atoms with Crippen molar-refractivity contribution in [2.24, 2.45) is 0 Å². The summed E-state index contributed by atoms with van der Waals surface area (Å²) in [6.45, 7) is 8.93. The second kappa shape index (κ2) is 8.26. The average molecular weight is 326 g/mol. The van der Waals surface area contributed by atoms with Crippen molar-refractivity contribution in [1.29, 1.82) is 0 Å². The Labute approximate surface area is 136 Å². The first kappa shape index (κ1) is 17.7. The third-order valence-corrected chi connectivity index (χ3v) is 4.38. The molecule has 1 unspecified atom stereocenters. The zero-order valence-corrected chi connectivity index (χ0v) is 13.9. The molecule has 0 bridgehead atoms. The van der Waals surface area contributed by atoms with Gasteiger partial charge < -0.3 is 19.9 Å². The average Bonchev–Trinajstić information content (AvgIpc) is 2.58. The van der Waals surface area contributed by atoms with Gasteiger partial charge in [-0.15, -0.1) is 0 Å². The van der Waals surface area contributed by atoms with E-state index in [4.69, 9.17) is 4.74 Å². The van der Waals surface area contributed by atoms with Gasteiger partial charge in [-0.2, -0.15) is 0 Å². The van der Waals surface area contributed by atoms with Gasteiger partial charge in [0.1, 0.15) is 6.54 Å². The number of carbonyl (C=O) groups is 3. The van der Waals surface area contributed by atoms with Gasteiger partial charge in [0.05, 0.1) is 13.2 Å². The van der Waals surface area contributed by atoms with E-state index in [0.717, 1.165) is 26.3 Å². The van der Waals surface area contributed by atoms with E-state index in [0.29, 0.717) is 26.2 Å². The molecular formula is C15H26N4O4. The van der Waals surface area contributed by atoms with E-state index in [-0.39, 0.29) is 18.5 Å². The number of hydrogen-bond donors (Lipinski definition) is 1. The molecule has 2 heterocycles. The normalized spacial score (nSPS) is 21.5. The van der Waals surface area contributed by atoms with E-state index in [1.165, 1.54) is 9.80 Å². The number of nitrogens with zero attached hydrogens (tertiary/aromatic N) is 3. The second-order valence-electron chi connectivity index (χ2n) is 5.91. The molecule has 0 spiro atoms. The van der Waals surface area contributed by atoms with E-state index in [1.807, 2.05) is 6.92 Å². The maximum Gasteiger partial charge on any atom is 0.312 e. The molecule has 130 valence electrons. The number of piperazine rings is 1. The van der Waals surface area contributed by atoms with Crippen molar-refractivity contribution in [1.82, 2.24) is 20.0 Å². The van der Waals surface area contributed by atoms with E-state index >= 15 is 0 Å². The summed E-state index contributed by atoms with van der Waals surface area (Å²) in [4.78, 5) is 40.9. The number of hydrogen-bond acceptors (Lipinski definition) is 5. The smallest absolute Gasteiger partial charge is 0.312 e. The summed E-state index contributed by atoms with van der Waals surface area (Å²) in [5, 5.41) is 2.85. The third kappa shape index (κ3) is 4.65. The molecule has 8 heteroatoms. The third-order valence-electron chi connectivity index (χ3n) is 4.38. The maximum atomic E-state index is 12.0. The summed E-state index contributed by atoms with van der Waals surface area (Å²) in [5.41, 5.74) is 0. The molecular weight excluding hydrogens is 300 g/mol. The molecule has 2 saturated heterocycles. The Hall–Kier alpha value is -1.67. The van der Waals surface area contributed by atoms with Gasteiger partial charge in [-0.05, 0) is 13.8 Å². The zero-order chi connectivity index (χ0) is 16.8. The van der Waals surface area contributed by atoms with E-state index in [9.17, 15) is 14.4 Å². The Bertz CT molecular complexity index is 451. The molecule has 1 atom stereocenters. The predicted molar refractivity (Wildman–Crippen MR) is 83.7 cm³/mol. The van der Waals surface area contributed by atoms with Crippen LogP contribution in [0.5, 0.6) is 0 Å².